The number of hydrogen-bond acceptors (Lipinski definition) is 3. The van der Waals surface area contributed by atoms with E-state index >= 15 is 0 Å². The molecule has 1 aromatic heterocycles. The van der Waals surface area contributed by atoms with Gasteiger partial charge in [-0.1, -0.05) is 29.8 Å². The number of rotatable bonds is 5. The molecular weight excluding hydrogens is 312 g/mol. The number of carbonyl (C=O) groups excluding carboxylic acids is 1. The van der Waals surface area contributed by atoms with Crippen molar-refractivity contribution in [1.82, 2.24) is 19.7 Å². The Morgan fingerprint density at radius 3 is 3.00 bits per heavy atom. The van der Waals surface area contributed by atoms with Gasteiger partial charge in [-0.15, -0.1) is 0 Å². The zero-order valence-corrected chi connectivity index (χ0v) is 13.8. The number of aromatic nitrogens is 3. The molecule has 0 saturated carbocycles. The molecule has 0 N–H and O–H groups in total. The molecule has 1 fully saturated rings. The second-order valence-electron chi connectivity index (χ2n) is 6.06. The van der Waals surface area contributed by atoms with Gasteiger partial charge in [0.2, 0.25) is 5.91 Å². The van der Waals surface area contributed by atoms with E-state index in [4.69, 9.17) is 11.6 Å². The molecule has 1 saturated heterocycles. The molecule has 0 bridgehead atoms. The Bertz CT molecular complexity index is 644. The van der Waals surface area contributed by atoms with E-state index in [1.54, 1.807) is 12.7 Å². The van der Waals surface area contributed by atoms with E-state index in [2.05, 4.69) is 10.1 Å². The van der Waals surface area contributed by atoms with E-state index in [1.807, 2.05) is 33.8 Å². The zero-order valence-electron chi connectivity index (χ0n) is 13.1. The van der Waals surface area contributed by atoms with Crippen molar-refractivity contribution in [3.63, 3.8) is 0 Å². The van der Waals surface area contributed by atoms with Gasteiger partial charge < -0.3 is 4.90 Å². The fourth-order valence-corrected chi connectivity index (χ4v) is 3.36. The van der Waals surface area contributed by atoms with Gasteiger partial charge in [0.1, 0.15) is 12.7 Å². The zero-order chi connectivity index (χ0) is 16.1. The number of likely N-dealkylation sites (tertiary alicyclic amines) is 1. The van der Waals surface area contributed by atoms with Gasteiger partial charge in [0, 0.05) is 31.1 Å². The van der Waals surface area contributed by atoms with E-state index in [0.717, 1.165) is 43.1 Å². The molecule has 0 spiro atoms. The van der Waals surface area contributed by atoms with Gasteiger partial charge in [-0.2, -0.15) is 5.10 Å². The minimum atomic E-state index is 0.216. The van der Waals surface area contributed by atoms with Crippen LogP contribution in [0.4, 0.5) is 0 Å². The summed E-state index contributed by atoms with van der Waals surface area (Å²) in [6.07, 6.45) is 6.68. The molecule has 2 aromatic rings. The van der Waals surface area contributed by atoms with E-state index in [0.29, 0.717) is 18.8 Å². The summed E-state index contributed by atoms with van der Waals surface area (Å²) in [6, 6.07) is 7.73. The number of aryl methyl sites for hydroxylation is 1. The van der Waals surface area contributed by atoms with E-state index in [9.17, 15) is 4.79 Å². The third-order valence-electron chi connectivity index (χ3n) is 4.35. The van der Waals surface area contributed by atoms with Crippen LogP contribution in [0.15, 0.2) is 36.9 Å². The van der Waals surface area contributed by atoms with Crippen molar-refractivity contribution >= 4 is 17.5 Å². The van der Waals surface area contributed by atoms with Crippen LogP contribution in [0.25, 0.3) is 0 Å². The Kier molecular flexibility index (Phi) is 5.28. The summed E-state index contributed by atoms with van der Waals surface area (Å²) in [5, 5.41) is 4.89. The molecule has 1 atom stereocenters. The second kappa shape index (κ2) is 7.59. The second-order valence-corrected chi connectivity index (χ2v) is 6.46. The van der Waals surface area contributed by atoms with Crippen LogP contribution in [0.2, 0.25) is 5.02 Å². The van der Waals surface area contributed by atoms with Gasteiger partial charge in [0.25, 0.3) is 0 Å². The lowest BCUT2D eigenvalue weighted by Crippen LogP contribution is -2.41. The Balaban J connectivity index is 1.51. The quantitative estimate of drug-likeness (QED) is 0.846. The van der Waals surface area contributed by atoms with Crippen molar-refractivity contribution in [2.24, 2.45) is 5.92 Å². The highest BCUT2D eigenvalue weighted by atomic mass is 35.5. The van der Waals surface area contributed by atoms with E-state index < -0.39 is 0 Å². The van der Waals surface area contributed by atoms with Crippen LogP contribution < -0.4 is 0 Å². The number of benzene rings is 1. The molecule has 122 valence electrons. The highest BCUT2D eigenvalue weighted by molar-refractivity contribution is 6.31. The topological polar surface area (TPSA) is 51.0 Å². The normalized spacial score (nSPS) is 18.1. The van der Waals surface area contributed by atoms with Crippen molar-refractivity contribution in [3.8, 4) is 0 Å². The first-order valence-corrected chi connectivity index (χ1v) is 8.44. The molecule has 5 nitrogen and oxygen atoms in total. The smallest absolute Gasteiger partial charge is 0.222 e. The highest BCUT2D eigenvalue weighted by Gasteiger charge is 2.24. The summed E-state index contributed by atoms with van der Waals surface area (Å²) in [7, 11) is 0. The number of piperidine rings is 1. The highest BCUT2D eigenvalue weighted by Crippen LogP contribution is 2.21. The van der Waals surface area contributed by atoms with Crippen LogP contribution in [0.5, 0.6) is 0 Å². The molecule has 2 heterocycles. The molecule has 0 radical (unpaired) electrons. The van der Waals surface area contributed by atoms with Crippen molar-refractivity contribution in [2.45, 2.75) is 32.2 Å². The van der Waals surface area contributed by atoms with Crippen LogP contribution in [0, 0.1) is 5.92 Å². The molecule has 1 amide bonds. The number of hydrogen-bond donors (Lipinski definition) is 0. The van der Waals surface area contributed by atoms with Crippen LogP contribution in [0.1, 0.15) is 24.8 Å². The average molecular weight is 333 g/mol. The Morgan fingerprint density at radius 1 is 1.35 bits per heavy atom. The molecule has 1 aromatic carbocycles. The van der Waals surface area contributed by atoms with Crippen LogP contribution in [-0.4, -0.2) is 38.7 Å². The molecule has 3 rings (SSSR count). The molecule has 1 aliphatic rings. The molecule has 0 aliphatic carbocycles. The van der Waals surface area contributed by atoms with Crippen LogP contribution in [0.3, 0.4) is 0 Å². The lowest BCUT2D eigenvalue weighted by atomic mass is 9.97. The molecule has 6 heteroatoms. The Labute approximate surface area is 141 Å². The fraction of sp³-hybridized carbons (Fsp3) is 0.471. The predicted octanol–water partition coefficient (Wildman–Crippen LogP) is 2.80. The summed E-state index contributed by atoms with van der Waals surface area (Å²) >= 11 is 6.16. The fourth-order valence-electron chi connectivity index (χ4n) is 3.13. The first-order valence-electron chi connectivity index (χ1n) is 8.06. The van der Waals surface area contributed by atoms with Gasteiger partial charge in [0.05, 0.1) is 0 Å². The predicted molar refractivity (Wildman–Crippen MR) is 89.1 cm³/mol. The third kappa shape index (κ3) is 4.32. The van der Waals surface area contributed by atoms with Crippen molar-refractivity contribution in [1.29, 1.82) is 0 Å². The van der Waals surface area contributed by atoms with Crippen molar-refractivity contribution < 1.29 is 4.79 Å². The first kappa shape index (κ1) is 16.0. The van der Waals surface area contributed by atoms with Crippen LogP contribution in [-0.2, 0) is 17.8 Å². The SMILES string of the molecule is O=C(CCc1ccccc1Cl)N1CCCC(Cn2cncn2)C1. The van der Waals surface area contributed by atoms with Crippen molar-refractivity contribution in [2.75, 3.05) is 13.1 Å². The summed E-state index contributed by atoms with van der Waals surface area (Å²) in [5.74, 6) is 0.669. The molecule has 1 aliphatic heterocycles. The lowest BCUT2D eigenvalue weighted by molar-refractivity contribution is -0.133. The number of carbonyl (C=O) groups is 1. The maximum Gasteiger partial charge on any atom is 0.222 e. The first-order chi connectivity index (χ1) is 11.2. The maximum atomic E-state index is 12.5. The molecule has 1 unspecified atom stereocenters. The minimum Gasteiger partial charge on any atom is -0.342 e. The number of halogens is 1. The summed E-state index contributed by atoms with van der Waals surface area (Å²) in [6.45, 7) is 2.49. The third-order valence-corrected chi connectivity index (χ3v) is 4.72. The van der Waals surface area contributed by atoms with Gasteiger partial charge in [-0.05, 0) is 36.8 Å². The van der Waals surface area contributed by atoms with Gasteiger partial charge in [-0.3, -0.25) is 9.48 Å². The lowest BCUT2D eigenvalue weighted by Gasteiger charge is -2.32. The number of nitrogens with zero attached hydrogens (tertiary/aromatic N) is 4. The van der Waals surface area contributed by atoms with Gasteiger partial charge in [-0.25, -0.2) is 4.98 Å². The molecular formula is C17H21ClN4O. The van der Waals surface area contributed by atoms with E-state index in [1.165, 1.54) is 0 Å². The summed E-state index contributed by atoms with van der Waals surface area (Å²) in [4.78, 5) is 18.4. The Hall–Kier alpha value is -1.88. The minimum absolute atomic E-state index is 0.216. The van der Waals surface area contributed by atoms with Crippen molar-refractivity contribution in [3.05, 3.63) is 47.5 Å². The standard InChI is InChI=1S/C17H21ClN4O/c18-16-6-2-1-5-15(16)7-8-17(23)21-9-3-4-14(10-21)11-22-13-19-12-20-22/h1-2,5-6,12-14H,3-4,7-11H2. The Morgan fingerprint density at radius 2 is 2.22 bits per heavy atom. The van der Waals surface area contributed by atoms with E-state index in [-0.39, 0.29) is 5.91 Å². The molecule has 23 heavy (non-hydrogen) atoms. The summed E-state index contributed by atoms with van der Waals surface area (Å²) in [5.41, 5.74) is 1.04. The summed E-state index contributed by atoms with van der Waals surface area (Å²) < 4.78 is 1.85. The van der Waals surface area contributed by atoms with Gasteiger partial charge >= 0.3 is 0 Å². The van der Waals surface area contributed by atoms with Gasteiger partial charge in [0.15, 0.2) is 0 Å². The number of amides is 1. The van der Waals surface area contributed by atoms with Crippen LogP contribution >= 0.6 is 11.6 Å². The monoisotopic (exact) mass is 332 g/mol. The maximum absolute atomic E-state index is 12.5. The average Bonchev–Trinajstić information content (AvgIpc) is 3.07. The largest absolute Gasteiger partial charge is 0.342 e.